The van der Waals surface area contributed by atoms with Crippen molar-refractivity contribution in [2.45, 2.75) is 38.1 Å². The van der Waals surface area contributed by atoms with Crippen molar-refractivity contribution in [2.75, 3.05) is 26.2 Å². The molecule has 1 aromatic carbocycles. The predicted octanol–water partition coefficient (Wildman–Crippen LogP) is 3.81. The van der Waals surface area contributed by atoms with Crippen LogP contribution in [0.1, 0.15) is 43.7 Å². The Morgan fingerprint density at radius 2 is 1.96 bits per heavy atom. The Balaban J connectivity index is 0.00000169. The fraction of sp³-hybridized carbons (Fsp3) is 0.632. The van der Waals surface area contributed by atoms with Crippen molar-refractivity contribution in [1.82, 2.24) is 10.2 Å². The zero-order valence-electron chi connectivity index (χ0n) is 15.0. The zero-order valence-corrected chi connectivity index (χ0v) is 17.4. The van der Waals surface area contributed by atoms with E-state index < -0.39 is 0 Å². The summed E-state index contributed by atoms with van der Waals surface area (Å²) in [5.41, 5.74) is 7.01. The van der Waals surface area contributed by atoms with Gasteiger partial charge in [0.2, 0.25) is 5.91 Å². The van der Waals surface area contributed by atoms with Crippen molar-refractivity contribution >= 4 is 42.3 Å². The molecule has 0 bridgehead atoms. The monoisotopic (exact) mass is 421 g/mol. The molecule has 1 aliphatic heterocycles. The molecular weight excluding hydrogens is 393 g/mol. The molecule has 3 rings (SSSR count). The topological polar surface area (TPSA) is 58.4 Å². The number of halogens is 3. The molecule has 3 N–H and O–H groups in total. The molecule has 1 unspecified atom stereocenters. The van der Waals surface area contributed by atoms with Crippen LogP contribution in [0.4, 0.5) is 0 Å². The van der Waals surface area contributed by atoms with E-state index in [1.807, 2.05) is 18.2 Å². The van der Waals surface area contributed by atoms with Crippen LogP contribution in [0.15, 0.2) is 24.3 Å². The number of amides is 1. The first-order valence-corrected chi connectivity index (χ1v) is 9.54. The largest absolute Gasteiger partial charge is 0.354 e. The molecule has 1 aliphatic carbocycles. The van der Waals surface area contributed by atoms with Gasteiger partial charge in [-0.05, 0) is 68.9 Å². The maximum absolute atomic E-state index is 12.6. The van der Waals surface area contributed by atoms with Crippen LogP contribution in [0.3, 0.4) is 0 Å². The summed E-state index contributed by atoms with van der Waals surface area (Å²) in [6.45, 7) is 3.43. The Labute approximate surface area is 174 Å². The molecule has 26 heavy (non-hydrogen) atoms. The van der Waals surface area contributed by atoms with Crippen molar-refractivity contribution in [3.63, 3.8) is 0 Å². The average molecular weight is 423 g/mol. The number of nitrogens with one attached hydrogen (secondary N) is 1. The molecule has 148 valence electrons. The number of benzene rings is 1. The Bertz CT molecular complexity index is 567. The summed E-state index contributed by atoms with van der Waals surface area (Å²) in [6.07, 6.45) is 5.62. The van der Waals surface area contributed by atoms with Gasteiger partial charge in [0.15, 0.2) is 0 Å². The summed E-state index contributed by atoms with van der Waals surface area (Å²) in [4.78, 5) is 15.1. The molecule has 1 aromatic rings. The van der Waals surface area contributed by atoms with Crippen LogP contribution in [0, 0.1) is 11.8 Å². The number of nitrogens with two attached hydrogens (primary N) is 1. The van der Waals surface area contributed by atoms with Crippen LogP contribution < -0.4 is 11.1 Å². The van der Waals surface area contributed by atoms with E-state index in [2.05, 4.69) is 16.3 Å². The second kappa shape index (κ2) is 11.4. The highest BCUT2D eigenvalue weighted by Crippen LogP contribution is 2.31. The lowest BCUT2D eigenvalue weighted by Gasteiger charge is -2.29. The van der Waals surface area contributed by atoms with E-state index in [1.165, 1.54) is 18.4 Å². The molecule has 0 spiro atoms. The van der Waals surface area contributed by atoms with Crippen LogP contribution in [0.2, 0.25) is 5.02 Å². The quantitative estimate of drug-likeness (QED) is 0.733. The summed E-state index contributed by atoms with van der Waals surface area (Å²) < 4.78 is 0. The summed E-state index contributed by atoms with van der Waals surface area (Å²) in [5.74, 6) is 0.615. The number of hydrogen-bond donors (Lipinski definition) is 2. The smallest absolute Gasteiger partial charge is 0.223 e. The SMILES string of the molecule is Cl.Cl.NC[C@H]1CCC[C@H]1C(=O)NCC(c1cccc(Cl)c1)N1CCCC1. The molecule has 2 aliphatic rings. The first-order valence-electron chi connectivity index (χ1n) is 9.16. The third-order valence-corrected chi connectivity index (χ3v) is 5.82. The molecule has 2 fully saturated rings. The second-order valence-corrected chi connectivity index (χ2v) is 7.53. The van der Waals surface area contributed by atoms with Gasteiger partial charge in [0.05, 0.1) is 6.04 Å². The Hall–Kier alpha value is -0.520. The lowest BCUT2D eigenvalue weighted by molar-refractivity contribution is -0.126. The summed E-state index contributed by atoms with van der Waals surface area (Å²) in [5, 5.41) is 3.96. The summed E-state index contributed by atoms with van der Waals surface area (Å²) in [7, 11) is 0. The van der Waals surface area contributed by atoms with Crippen LogP contribution in [-0.2, 0) is 4.79 Å². The van der Waals surface area contributed by atoms with Crippen molar-refractivity contribution in [3.05, 3.63) is 34.9 Å². The van der Waals surface area contributed by atoms with Gasteiger partial charge in [0, 0.05) is 17.5 Å². The van der Waals surface area contributed by atoms with E-state index in [1.54, 1.807) is 0 Å². The highest BCUT2D eigenvalue weighted by atomic mass is 35.5. The predicted molar refractivity (Wildman–Crippen MR) is 112 cm³/mol. The minimum Gasteiger partial charge on any atom is -0.354 e. The summed E-state index contributed by atoms with van der Waals surface area (Å²) in [6, 6.07) is 8.22. The molecule has 3 atom stereocenters. The molecular formula is C19H30Cl3N3O. The fourth-order valence-electron chi connectivity index (χ4n) is 4.22. The molecule has 0 aromatic heterocycles. The molecule has 0 radical (unpaired) electrons. The first-order chi connectivity index (χ1) is 11.7. The van der Waals surface area contributed by atoms with E-state index in [4.69, 9.17) is 17.3 Å². The normalized spacial score (nSPS) is 23.8. The Morgan fingerprint density at radius 1 is 1.23 bits per heavy atom. The molecule has 1 amide bonds. The molecule has 1 saturated heterocycles. The van der Waals surface area contributed by atoms with Gasteiger partial charge in [-0.1, -0.05) is 30.2 Å². The van der Waals surface area contributed by atoms with Crippen molar-refractivity contribution in [1.29, 1.82) is 0 Å². The van der Waals surface area contributed by atoms with Gasteiger partial charge in [-0.3, -0.25) is 9.69 Å². The molecule has 4 nitrogen and oxygen atoms in total. The fourth-order valence-corrected chi connectivity index (χ4v) is 4.42. The molecule has 1 heterocycles. The number of carbonyl (C=O) groups excluding carboxylic acids is 1. The third-order valence-electron chi connectivity index (χ3n) is 5.58. The minimum atomic E-state index is 0. The number of rotatable bonds is 6. The van der Waals surface area contributed by atoms with E-state index in [0.717, 1.165) is 37.4 Å². The number of likely N-dealkylation sites (tertiary alicyclic amines) is 1. The van der Waals surface area contributed by atoms with Gasteiger partial charge in [0.25, 0.3) is 0 Å². The lowest BCUT2D eigenvalue weighted by Crippen LogP contribution is -2.40. The van der Waals surface area contributed by atoms with Gasteiger partial charge < -0.3 is 11.1 Å². The van der Waals surface area contributed by atoms with Gasteiger partial charge in [-0.15, -0.1) is 24.8 Å². The average Bonchev–Trinajstić information content (AvgIpc) is 3.26. The van der Waals surface area contributed by atoms with E-state index in [0.29, 0.717) is 19.0 Å². The Kier molecular flexibility index (Phi) is 10.3. The van der Waals surface area contributed by atoms with Crippen LogP contribution >= 0.6 is 36.4 Å². The van der Waals surface area contributed by atoms with E-state index >= 15 is 0 Å². The standard InChI is InChI=1S/C19H28ClN3O.2ClH/c20-16-7-3-5-14(11-16)18(23-9-1-2-10-23)13-22-19(24)17-8-4-6-15(17)12-21;;/h3,5,7,11,15,17-18H,1-2,4,6,8-10,12-13,21H2,(H,22,24);2*1H/t15-,17-,18?;;/m1../s1. The summed E-state index contributed by atoms with van der Waals surface area (Å²) >= 11 is 6.18. The number of carbonyl (C=O) groups is 1. The van der Waals surface area contributed by atoms with Crippen LogP contribution in [0.25, 0.3) is 0 Å². The third kappa shape index (κ3) is 5.74. The van der Waals surface area contributed by atoms with Crippen LogP contribution in [-0.4, -0.2) is 37.0 Å². The van der Waals surface area contributed by atoms with Crippen molar-refractivity contribution < 1.29 is 4.79 Å². The Morgan fingerprint density at radius 3 is 2.62 bits per heavy atom. The van der Waals surface area contributed by atoms with Crippen molar-refractivity contribution in [3.8, 4) is 0 Å². The van der Waals surface area contributed by atoms with Gasteiger partial charge in [-0.2, -0.15) is 0 Å². The highest BCUT2D eigenvalue weighted by molar-refractivity contribution is 6.30. The highest BCUT2D eigenvalue weighted by Gasteiger charge is 2.32. The van der Waals surface area contributed by atoms with Gasteiger partial charge in [-0.25, -0.2) is 0 Å². The van der Waals surface area contributed by atoms with E-state index in [9.17, 15) is 4.79 Å². The number of nitrogens with zero attached hydrogens (tertiary/aromatic N) is 1. The maximum Gasteiger partial charge on any atom is 0.223 e. The maximum atomic E-state index is 12.6. The van der Waals surface area contributed by atoms with E-state index in [-0.39, 0.29) is 42.7 Å². The molecule has 1 saturated carbocycles. The van der Waals surface area contributed by atoms with Gasteiger partial charge in [0.1, 0.15) is 0 Å². The molecule has 7 heteroatoms. The van der Waals surface area contributed by atoms with Crippen LogP contribution in [0.5, 0.6) is 0 Å². The van der Waals surface area contributed by atoms with Crippen molar-refractivity contribution in [2.24, 2.45) is 17.6 Å². The number of hydrogen-bond acceptors (Lipinski definition) is 3. The zero-order chi connectivity index (χ0) is 16.9. The van der Waals surface area contributed by atoms with Gasteiger partial charge >= 0.3 is 0 Å². The minimum absolute atomic E-state index is 0. The first kappa shape index (κ1) is 23.5. The lowest BCUT2D eigenvalue weighted by atomic mass is 9.95. The second-order valence-electron chi connectivity index (χ2n) is 7.09.